The molecular weight excluding hydrogens is 366 g/mol. The fourth-order valence-electron chi connectivity index (χ4n) is 2.24. The van der Waals surface area contributed by atoms with Crippen LogP contribution >= 0.6 is 34.9 Å². The zero-order valence-electron chi connectivity index (χ0n) is 14.1. The maximum atomic E-state index is 12.7. The maximum Gasteiger partial charge on any atom is 0.339 e. The van der Waals surface area contributed by atoms with Gasteiger partial charge in [0, 0.05) is 5.69 Å². The highest BCUT2D eigenvalue weighted by Crippen LogP contribution is 2.32. The van der Waals surface area contributed by atoms with E-state index in [-0.39, 0.29) is 11.0 Å². The fourth-order valence-corrected chi connectivity index (χ4v) is 5.36. The largest absolute Gasteiger partial charge is 0.465 e. The Morgan fingerprint density at radius 1 is 1.29 bits per heavy atom. The van der Waals surface area contributed by atoms with E-state index in [1.165, 1.54) is 30.2 Å². The minimum Gasteiger partial charge on any atom is -0.465 e. The number of ether oxygens (including phenoxy) is 1. The van der Waals surface area contributed by atoms with Gasteiger partial charge < -0.3 is 9.72 Å². The number of Topliss-reactive ketones (excluding diaryl/α,β-unsaturated/α-hetero) is 1. The van der Waals surface area contributed by atoms with Crippen LogP contribution in [0.2, 0.25) is 0 Å². The number of aryl methyl sites for hydroxylation is 1. The molecule has 1 atom stereocenters. The number of carbonyl (C=O) groups excluding carboxylic acids is 2. The molecule has 0 bridgehead atoms. The number of thioether (sulfide) groups is 2. The second kappa shape index (κ2) is 8.17. The Morgan fingerprint density at radius 3 is 2.58 bits per heavy atom. The van der Waals surface area contributed by atoms with Crippen LogP contribution in [-0.4, -0.2) is 45.0 Å². The minimum absolute atomic E-state index is 0.0735. The van der Waals surface area contributed by atoms with Crippen LogP contribution in [0.1, 0.15) is 46.0 Å². The lowest BCUT2D eigenvalue weighted by molar-refractivity contribution is 0.0599. The van der Waals surface area contributed by atoms with Crippen molar-refractivity contribution in [3.63, 3.8) is 0 Å². The van der Waals surface area contributed by atoms with Crippen LogP contribution in [-0.2, 0) is 4.74 Å². The monoisotopic (exact) mass is 385 g/mol. The molecule has 1 N–H and O–H groups in total. The van der Waals surface area contributed by atoms with Gasteiger partial charge in [0.15, 0.2) is 14.5 Å². The molecule has 0 amide bonds. The molecule has 0 spiro atoms. The predicted molar refractivity (Wildman–Crippen MR) is 97.6 cm³/mol. The van der Waals surface area contributed by atoms with Gasteiger partial charge in [-0.3, -0.25) is 4.79 Å². The Morgan fingerprint density at radius 2 is 1.96 bits per heavy atom. The van der Waals surface area contributed by atoms with Gasteiger partial charge in [-0.05, 0) is 32.1 Å². The third-order valence-corrected chi connectivity index (χ3v) is 6.50. The zero-order chi connectivity index (χ0) is 17.9. The number of esters is 1. The van der Waals surface area contributed by atoms with E-state index in [1.807, 2.05) is 6.92 Å². The average Bonchev–Trinajstić information content (AvgIpc) is 3.10. The highest BCUT2D eigenvalue weighted by atomic mass is 32.2. The van der Waals surface area contributed by atoms with Gasteiger partial charge in [-0.15, -0.1) is 10.2 Å². The third kappa shape index (κ3) is 4.01. The minimum atomic E-state index is -0.439. The van der Waals surface area contributed by atoms with Crippen molar-refractivity contribution in [2.75, 3.05) is 12.9 Å². The summed E-state index contributed by atoms with van der Waals surface area (Å²) >= 11 is 4.49. The number of nitrogens with one attached hydrogen (secondary N) is 1. The molecule has 0 radical (unpaired) electrons. The molecule has 2 aromatic heterocycles. The van der Waals surface area contributed by atoms with E-state index >= 15 is 0 Å². The van der Waals surface area contributed by atoms with Crippen LogP contribution in [0.3, 0.4) is 0 Å². The number of nitrogens with zero attached hydrogens (tertiary/aromatic N) is 2. The second-order valence-corrected chi connectivity index (χ2v) is 9.08. The van der Waals surface area contributed by atoms with Crippen molar-refractivity contribution in [3.05, 3.63) is 22.5 Å². The Hall–Kier alpha value is -1.32. The van der Waals surface area contributed by atoms with Crippen LogP contribution in [0, 0.1) is 13.8 Å². The van der Waals surface area contributed by atoms with Gasteiger partial charge in [0.2, 0.25) is 0 Å². The van der Waals surface area contributed by atoms with Crippen LogP contribution in [0.25, 0.3) is 0 Å². The summed E-state index contributed by atoms with van der Waals surface area (Å²) < 4.78 is 6.45. The molecule has 2 rings (SSSR count). The molecule has 0 fully saturated rings. The lowest BCUT2D eigenvalue weighted by Gasteiger charge is -2.07. The Bertz CT molecular complexity index is 754. The molecule has 24 heavy (non-hydrogen) atoms. The average molecular weight is 386 g/mol. The van der Waals surface area contributed by atoms with Gasteiger partial charge in [0.25, 0.3) is 0 Å². The summed E-state index contributed by atoms with van der Waals surface area (Å²) in [6.07, 6.45) is 0. The number of ketones is 1. The van der Waals surface area contributed by atoms with Gasteiger partial charge >= 0.3 is 5.97 Å². The van der Waals surface area contributed by atoms with Crippen LogP contribution in [0.5, 0.6) is 0 Å². The highest BCUT2D eigenvalue weighted by molar-refractivity contribution is 8.03. The standard InChI is InChI=1S/C15H19N3O3S3/c1-6-22-14-17-18-15(24-14)23-9(4)12(19)11-7(2)10(8(3)16-11)13(20)21-5/h9,16H,6H2,1-5H3/t9-/m1/s1. The van der Waals surface area contributed by atoms with Crippen molar-refractivity contribution in [3.8, 4) is 0 Å². The SMILES string of the molecule is CCSc1nnc(S[C@H](C)C(=O)c2[nH]c(C)c(C(=O)OC)c2C)s1. The number of aromatic amines is 1. The van der Waals surface area contributed by atoms with Crippen molar-refractivity contribution in [1.82, 2.24) is 15.2 Å². The smallest absolute Gasteiger partial charge is 0.339 e. The Kier molecular flexibility index (Phi) is 6.47. The molecule has 2 aromatic rings. The number of methoxy groups -OCH3 is 1. The molecule has 0 aliphatic heterocycles. The van der Waals surface area contributed by atoms with E-state index in [1.54, 1.807) is 25.6 Å². The number of H-pyrrole nitrogens is 1. The second-order valence-electron chi connectivity index (χ2n) is 5.01. The van der Waals surface area contributed by atoms with Crippen molar-refractivity contribution in [1.29, 1.82) is 0 Å². The first-order valence-electron chi connectivity index (χ1n) is 7.33. The van der Waals surface area contributed by atoms with Gasteiger partial charge in [0.05, 0.1) is 23.6 Å². The summed E-state index contributed by atoms with van der Waals surface area (Å²) in [5.41, 5.74) is 2.13. The van der Waals surface area contributed by atoms with Gasteiger partial charge in [-0.2, -0.15) is 0 Å². The van der Waals surface area contributed by atoms with Gasteiger partial charge in [-0.1, -0.05) is 41.8 Å². The predicted octanol–water partition coefficient (Wildman–Crippen LogP) is 3.75. The molecule has 130 valence electrons. The lowest BCUT2D eigenvalue weighted by Crippen LogP contribution is -2.15. The van der Waals surface area contributed by atoms with E-state index in [9.17, 15) is 9.59 Å². The quantitative estimate of drug-likeness (QED) is 0.441. The fraction of sp³-hybridized carbons (Fsp3) is 0.467. The number of hydrogen-bond donors (Lipinski definition) is 1. The summed E-state index contributed by atoms with van der Waals surface area (Å²) in [6, 6.07) is 0. The summed E-state index contributed by atoms with van der Waals surface area (Å²) in [5.74, 6) is 0.423. The van der Waals surface area contributed by atoms with E-state index < -0.39 is 5.97 Å². The summed E-state index contributed by atoms with van der Waals surface area (Å²) in [7, 11) is 1.33. The normalized spacial score (nSPS) is 12.2. The number of rotatable bonds is 7. The topological polar surface area (TPSA) is 84.9 Å². The van der Waals surface area contributed by atoms with Crippen molar-refractivity contribution >= 4 is 46.6 Å². The highest BCUT2D eigenvalue weighted by Gasteiger charge is 2.26. The van der Waals surface area contributed by atoms with Crippen molar-refractivity contribution in [2.45, 2.75) is 41.6 Å². The maximum absolute atomic E-state index is 12.7. The summed E-state index contributed by atoms with van der Waals surface area (Å²) in [6.45, 7) is 7.39. The summed E-state index contributed by atoms with van der Waals surface area (Å²) in [5, 5.41) is 7.87. The number of aromatic nitrogens is 3. The van der Waals surface area contributed by atoms with Crippen molar-refractivity contribution < 1.29 is 14.3 Å². The Labute approximate surface area is 153 Å². The first kappa shape index (κ1) is 19.0. The molecule has 0 saturated heterocycles. The molecule has 0 aromatic carbocycles. The Balaban J connectivity index is 2.17. The van der Waals surface area contributed by atoms with Gasteiger partial charge in [0.1, 0.15) is 0 Å². The zero-order valence-corrected chi connectivity index (χ0v) is 16.6. The van der Waals surface area contributed by atoms with Crippen LogP contribution < -0.4 is 0 Å². The first-order chi connectivity index (χ1) is 11.4. The molecule has 0 aliphatic carbocycles. The van der Waals surface area contributed by atoms with Crippen LogP contribution in [0.4, 0.5) is 0 Å². The van der Waals surface area contributed by atoms with E-state index in [4.69, 9.17) is 4.74 Å². The molecular formula is C15H19N3O3S3. The molecule has 6 nitrogen and oxygen atoms in total. The van der Waals surface area contributed by atoms with Crippen molar-refractivity contribution in [2.24, 2.45) is 0 Å². The molecule has 2 heterocycles. The van der Waals surface area contributed by atoms with E-state index in [0.29, 0.717) is 22.5 Å². The lowest BCUT2D eigenvalue weighted by atomic mass is 10.1. The third-order valence-electron chi connectivity index (χ3n) is 3.38. The molecule has 0 saturated carbocycles. The number of hydrogen-bond acceptors (Lipinski definition) is 8. The molecule has 9 heteroatoms. The van der Waals surface area contributed by atoms with E-state index in [0.717, 1.165) is 14.4 Å². The summed E-state index contributed by atoms with van der Waals surface area (Å²) in [4.78, 5) is 27.6. The van der Waals surface area contributed by atoms with Crippen LogP contribution in [0.15, 0.2) is 8.68 Å². The number of carbonyl (C=O) groups is 2. The first-order valence-corrected chi connectivity index (χ1v) is 10.0. The van der Waals surface area contributed by atoms with Gasteiger partial charge in [-0.25, -0.2) is 4.79 Å². The molecule has 0 aliphatic rings. The molecule has 0 unspecified atom stereocenters. The van der Waals surface area contributed by atoms with E-state index in [2.05, 4.69) is 22.1 Å².